The molecular weight excluding hydrogens is 398 g/mol. The molecule has 0 amide bonds. The van der Waals surface area contributed by atoms with Gasteiger partial charge in [0, 0.05) is 15.0 Å². The molecule has 2 rings (SSSR count). The SMILES string of the molecule is Cc1c(I)cc(C=O)c(=O)n1-c1cccc(C(F)(F)F)c1. The molecule has 0 fully saturated rings. The van der Waals surface area contributed by atoms with Gasteiger partial charge in [0.05, 0.1) is 11.1 Å². The first kappa shape index (κ1) is 15.7. The zero-order valence-electron chi connectivity index (χ0n) is 10.7. The number of aromatic nitrogens is 1. The van der Waals surface area contributed by atoms with Gasteiger partial charge in [0.1, 0.15) is 0 Å². The molecule has 2 aromatic rings. The third-order valence-corrected chi connectivity index (χ3v) is 4.06. The van der Waals surface area contributed by atoms with Crippen molar-refractivity contribution in [1.82, 2.24) is 4.57 Å². The van der Waals surface area contributed by atoms with Crippen molar-refractivity contribution in [2.75, 3.05) is 0 Å². The Morgan fingerprint density at radius 2 is 1.90 bits per heavy atom. The maximum atomic E-state index is 12.8. The molecule has 1 aromatic heterocycles. The van der Waals surface area contributed by atoms with E-state index >= 15 is 0 Å². The Bertz CT molecular complexity index is 766. The molecule has 0 aliphatic rings. The minimum absolute atomic E-state index is 0.0777. The van der Waals surface area contributed by atoms with E-state index in [9.17, 15) is 22.8 Å². The van der Waals surface area contributed by atoms with Gasteiger partial charge in [-0.05, 0) is 53.8 Å². The van der Waals surface area contributed by atoms with Crippen LogP contribution in [-0.2, 0) is 6.18 Å². The summed E-state index contributed by atoms with van der Waals surface area (Å²) >= 11 is 1.93. The number of halogens is 4. The second-order valence-corrected chi connectivity index (χ2v) is 5.50. The fourth-order valence-electron chi connectivity index (χ4n) is 1.91. The lowest BCUT2D eigenvalue weighted by Gasteiger charge is -2.14. The first-order valence-electron chi connectivity index (χ1n) is 5.80. The highest BCUT2D eigenvalue weighted by Crippen LogP contribution is 2.30. The van der Waals surface area contributed by atoms with Gasteiger partial charge < -0.3 is 0 Å². The van der Waals surface area contributed by atoms with Gasteiger partial charge in [0.2, 0.25) is 0 Å². The Kier molecular flexibility index (Phi) is 4.22. The summed E-state index contributed by atoms with van der Waals surface area (Å²) in [5.74, 6) is 0. The number of carbonyl (C=O) groups excluding carboxylic acids is 1. The highest BCUT2D eigenvalue weighted by atomic mass is 127. The maximum Gasteiger partial charge on any atom is 0.416 e. The van der Waals surface area contributed by atoms with Crippen molar-refractivity contribution in [3.05, 3.63) is 61.1 Å². The average molecular weight is 407 g/mol. The fraction of sp³-hybridized carbons (Fsp3) is 0.143. The third-order valence-electron chi connectivity index (χ3n) is 2.97. The molecule has 0 atom stereocenters. The number of aldehydes is 1. The highest BCUT2D eigenvalue weighted by molar-refractivity contribution is 14.1. The monoisotopic (exact) mass is 407 g/mol. The van der Waals surface area contributed by atoms with E-state index in [1.165, 1.54) is 18.2 Å². The lowest BCUT2D eigenvalue weighted by Crippen LogP contribution is -2.25. The molecular formula is C14H9F3INO2. The Balaban J connectivity index is 2.76. The van der Waals surface area contributed by atoms with Crippen LogP contribution in [-0.4, -0.2) is 10.9 Å². The summed E-state index contributed by atoms with van der Waals surface area (Å²) in [4.78, 5) is 23.1. The number of hydrogen-bond donors (Lipinski definition) is 0. The van der Waals surface area contributed by atoms with Gasteiger partial charge in [-0.15, -0.1) is 0 Å². The minimum atomic E-state index is -4.50. The summed E-state index contributed by atoms with van der Waals surface area (Å²) in [6.07, 6.45) is -4.10. The second-order valence-electron chi connectivity index (χ2n) is 4.34. The van der Waals surface area contributed by atoms with Gasteiger partial charge >= 0.3 is 6.18 Å². The van der Waals surface area contributed by atoms with E-state index in [2.05, 4.69) is 0 Å². The number of carbonyl (C=O) groups is 1. The Morgan fingerprint density at radius 3 is 2.48 bits per heavy atom. The van der Waals surface area contributed by atoms with E-state index in [0.717, 1.165) is 16.7 Å². The summed E-state index contributed by atoms with van der Waals surface area (Å²) in [6, 6.07) is 5.85. The number of hydrogen-bond acceptors (Lipinski definition) is 2. The molecule has 0 radical (unpaired) electrons. The van der Waals surface area contributed by atoms with Gasteiger partial charge in [-0.2, -0.15) is 13.2 Å². The number of pyridine rings is 1. The van der Waals surface area contributed by atoms with E-state index in [1.807, 2.05) is 22.6 Å². The minimum Gasteiger partial charge on any atom is -0.298 e. The fourth-order valence-corrected chi connectivity index (χ4v) is 2.48. The van der Waals surface area contributed by atoms with Crippen LogP contribution < -0.4 is 5.56 Å². The molecule has 110 valence electrons. The van der Waals surface area contributed by atoms with Crippen LogP contribution in [0.5, 0.6) is 0 Å². The lowest BCUT2D eigenvalue weighted by atomic mass is 10.1. The van der Waals surface area contributed by atoms with Gasteiger partial charge in [0.15, 0.2) is 6.29 Å². The van der Waals surface area contributed by atoms with Crippen molar-refractivity contribution in [2.45, 2.75) is 13.1 Å². The van der Waals surface area contributed by atoms with Gasteiger partial charge in [-0.1, -0.05) is 6.07 Å². The predicted octanol–water partition coefficient (Wildman–Crippen LogP) is 3.58. The number of rotatable bonds is 2. The molecule has 1 aromatic carbocycles. The Labute approximate surface area is 131 Å². The summed E-state index contributed by atoms with van der Waals surface area (Å²) in [5, 5.41) is 0. The molecule has 0 aliphatic heterocycles. The van der Waals surface area contributed by atoms with Crippen molar-refractivity contribution in [3.8, 4) is 5.69 Å². The zero-order chi connectivity index (χ0) is 15.8. The molecule has 0 aliphatic carbocycles. The van der Waals surface area contributed by atoms with Crippen molar-refractivity contribution < 1.29 is 18.0 Å². The van der Waals surface area contributed by atoms with Crippen molar-refractivity contribution >= 4 is 28.9 Å². The molecule has 1 heterocycles. The third kappa shape index (κ3) is 3.02. The largest absolute Gasteiger partial charge is 0.416 e. The Hall–Kier alpha value is -1.64. The molecule has 0 spiro atoms. The van der Waals surface area contributed by atoms with E-state index in [-0.39, 0.29) is 11.3 Å². The maximum absolute atomic E-state index is 12.8. The van der Waals surface area contributed by atoms with E-state index in [4.69, 9.17) is 0 Å². The van der Waals surface area contributed by atoms with E-state index < -0.39 is 17.3 Å². The van der Waals surface area contributed by atoms with Crippen molar-refractivity contribution in [1.29, 1.82) is 0 Å². The van der Waals surface area contributed by atoms with E-state index in [1.54, 1.807) is 6.92 Å². The molecule has 0 bridgehead atoms. The summed E-state index contributed by atoms with van der Waals surface area (Å²) in [7, 11) is 0. The Morgan fingerprint density at radius 1 is 1.24 bits per heavy atom. The van der Waals surface area contributed by atoms with E-state index in [0.29, 0.717) is 15.6 Å². The topological polar surface area (TPSA) is 39.1 Å². The lowest BCUT2D eigenvalue weighted by molar-refractivity contribution is -0.137. The molecule has 0 N–H and O–H groups in total. The van der Waals surface area contributed by atoms with Crippen LogP contribution in [0.3, 0.4) is 0 Å². The highest BCUT2D eigenvalue weighted by Gasteiger charge is 2.30. The molecule has 0 saturated heterocycles. The first-order valence-corrected chi connectivity index (χ1v) is 6.88. The smallest absolute Gasteiger partial charge is 0.298 e. The van der Waals surface area contributed by atoms with Crippen LogP contribution in [0, 0.1) is 10.5 Å². The first-order chi connectivity index (χ1) is 9.75. The number of nitrogens with zero attached hydrogens (tertiary/aromatic N) is 1. The predicted molar refractivity (Wildman–Crippen MR) is 79.9 cm³/mol. The van der Waals surface area contributed by atoms with Crippen molar-refractivity contribution in [2.24, 2.45) is 0 Å². The number of alkyl halides is 3. The van der Waals surface area contributed by atoms with Crippen LogP contribution in [0.4, 0.5) is 13.2 Å². The second kappa shape index (κ2) is 5.63. The quantitative estimate of drug-likeness (QED) is 0.564. The summed E-state index contributed by atoms with van der Waals surface area (Å²) < 4.78 is 40.0. The number of benzene rings is 1. The normalized spacial score (nSPS) is 11.5. The standard InChI is InChI=1S/C14H9F3INO2/c1-8-12(18)5-9(7-20)13(21)19(8)11-4-2-3-10(6-11)14(15,16)17/h2-7H,1H3. The summed E-state index contributed by atoms with van der Waals surface area (Å²) in [6.45, 7) is 1.61. The van der Waals surface area contributed by atoms with Crippen LogP contribution in [0.25, 0.3) is 5.69 Å². The van der Waals surface area contributed by atoms with Crippen LogP contribution in [0.2, 0.25) is 0 Å². The van der Waals surface area contributed by atoms with Crippen LogP contribution >= 0.6 is 22.6 Å². The van der Waals surface area contributed by atoms with Gasteiger partial charge in [-0.25, -0.2) is 0 Å². The van der Waals surface area contributed by atoms with Gasteiger partial charge in [-0.3, -0.25) is 14.2 Å². The average Bonchev–Trinajstić information content (AvgIpc) is 2.42. The summed E-state index contributed by atoms with van der Waals surface area (Å²) in [5.41, 5.74) is -1.03. The molecule has 0 unspecified atom stereocenters. The molecule has 3 nitrogen and oxygen atoms in total. The molecule has 0 saturated carbocycles. The molecule has 21 heavy (non-hydrogen) atoms. The zero-order valence-corrected chi connectivity index (χ0v) is 12.9. The van der Waals surface area contributed by atoms with Crippen molar-refractivity contribution in [3.63, 3.8) is 0 Å². The molecule has 7 heteroatoms. The van der Waals surface area contributed by atoms with Crippen LogP contribution in [0.15, 0.2) is 35.1 Å². The van der Waals surface area contributed by atoms with Gasteiger partial charge in [0.25, 0.3) is 5.56 Å². The van der Waals surface area contributed by atoms with Crippen LogP contribution in [0.1, 0.15) is 21.6 Å².